The number of aromatic nitrogens is 2. The molecule has 0 radical (unpaired) electrons. The standard InChI is InChI=1S/C24H25BrF3N5O4S/c1-32-21(22(34)30-16-8-6-15(25)7-9-16)18-12-17(14-4-5-14)20(13-19(18)31-32)33(38(2,36)37)11-3-10-29-23(35)24(26,27)28/h6-9,12-14H,3-5,10-11H2,1-2H3,(H,29,35)(H,30,34). The van der Waals surface area contributed by atoms with Crippen LogP contribution in [-0.2, 0) is 21.9 Å². The Bertz CT molecular complexity index is 1490. The van der Waals surface area contributed by atoms with E-state index in [0.29, 0.717) is 33.5 Å². The number of nitrogens with one attached hydrogen (secondary N) is 2. The molecule has 1 aromatic heterocycles. The monoisotopic (exact) mass is 615 g/mol. The van der Waals surface area contributed by atoms with Crippen molar-refractivity contribution >= 4 is 60.0 Å². The van der Waals surface area contributed by atoms with Crippen molar-refractivity contribution in [3.8, 4) is 0 Å². The Kier molecular flexibility index (Phi) is 7.75. The molecular weight excluding hydrogens is 591 g/mol. The Morgan fingerprint density at radius 3 is 2.42 bits per heavy atom. The molecule has 9 nitrogen and oxygen atoms in total. The van der Waals surface area contributed by atoms with Crippen LogP contribution in [0.25, 0.3) is 10.9 Å². The Morgan fingerprint density at radius 2 is 1.84 bits per heavy atom. The number of fused-ring (bicyclic) bond motifs is 1. The fraction of sp³-hybridized carbons (Fsp3) is 0.375. The van der Waals surface area contributed by atoms with Crippen molar-refractivity contribution in [1.29, 1.82) is 0 Å². The van der Waals surface area contributed by atoms with Crippen molar-refractivity contribution in [2.75, 3.05) is 29.0 Å². The van der Waals surface area contributed by atoms with Crippen LogP contribution in [0.4, 0.5) is 24.5 Å². The van der Waals surface area contributed by atoms with Crippen LogP contribution in [0.1, 0.15) is 41.2 Å². The first kappa shape index (κ1) is 27.9. The van der Waals surface area contributed by atoms with Gasteiger partial charge in [0.1, 0.15) is 5.69 Å². The summed E-state index contributed by atoms with van der Waals surface area (Å²) in [5.41, 5.74) is 2.37. The predicted octanol–water partition coefficient (Wildman–Crippen LogP) is 4.30. The summed E-state index contributed by atoms with van der Waals surface area (Å²) in [7, 11) is -2.21. The summed E-state index contributed by atoms with van der Waals surface area (Å²) < 4.78 is 66.2. The van der Waals surface area contributed by atoms with Crippen LogP contribution in [0.2, 0.25) is 0 Å². The number of alkyl halides is 3. The second-order valence-electron chi connectivity index (χ2n) is 9.08. The molecule has 14 heteroatoms. The van der Waals surface area contributed by atoms with Gasteiger partial charge in [-0.2, -0.15) is 18.3 Å². The highest BCUT2D eigenvalue weighted by Crippen LogP contribution is 2.46. The molecule has 204 valence electrons. The fourth-order valence-electron chi connectivity index (χ4n) is 4.17. The molecule has 0 unspecified atom stereocenters. The number of hydrogen-bond acceptors (Lipinski definition) is 5. The van der Waals surface area contributed by atoms with Gasteiger partial charge in [0.2, 0.25) is 10.0 Å². The summed E-state index contributed by atoms with van der Waals surface area (Å²) in [5.74, 6) is -2.38. The highest BCUT2D eigenvalue weighted by Gasteiger charge is 2.38. The lowest BCUT2D eigenvalue weighted by Gasteiger charge is -2.25. The van der Waals surface area contributed by atoms with Gasteiger partial charge in [-0.05, 0) is 67.1 Å². The maximum atomic E-state index is 13.2. The number of anilines is 2. The van der Waals surface area contributed by atoms with Crippen molar-refractivity contribution in [2.24, 2.45) is 7.05 Å². The molecule has 2 N–H and O–H groups in total. The summed E-state index contributed by atoms with van der Waals surface area (Å²) in [6.45, 7) is -0.499. The molecule has 0 aliphatic heterocycles. The van der Waals surface area contributed by atoms with Gasteiger partial charge >= 0.3 is 12.1 Å². The van der Waals surface area contributed by atoms with Gasteiger partial charge in [-0.1, -0.05) is 15.9 Å². The molecule has 1 aliphatic rings. The van der Waals surface area contributed by atoms with E-state index in [0.717, 1.165) is 27.9 Å². The van der Waals surface area contributed by atoms with E-state index in [1.54, 1.807) is 48.8 Å². The molecule has 1 aliphatic carbocycles. The number of rotatable bonds is 9. The smallest absolute Gasteiger partial charge is 0.348 e. The van der Waals surface area contributed by atoms with Crippen molar-refractivity contribution in [3.63, 3.8) is 0 Å². The van der Waals surface area contributed by atoms with E-state index in [1.807, 2.05) is 0 Å². The number of hydrogen-bond donors (Lipinski definition) is 2. The van der Waals surface area contributed by atoms with Gasteiger partial charge in [0.25, 0.3) is 5.91 Å². The largest absolute Gasteiger partial charge is 0.471 e. The van der Waals surface area contributed by atoms with E-state index < -0.39 is 22.1 Å². The Labute approximate surface area is 225 Å². The lowest BCUT2D eigenvalue weighted by atomic mass is 10.0. The second kappa shape index (κ2) is 10.6. The SMILES string of the molecule is Cn1nc2cc(N(CCCNC(=O)C(F)(F)F)S(C)(=O)=O)c(C3CC3)cc2c1C(=O)Nc1ccc(Br)cc1. The van der Waals surface area contributed by atoms with Gasteiger partial charge in [0.05, 0.1) is 17.5 Å². The molecule has 0 atom stereocenters. The Hall–Kier alpha value is -3.13. The van der Waals surface area contributed by atoms with Crippen molar-refractivity contribution in [1.82, 2.24) is 15.1 Å². The van der Waals surface area contributed by atoms with Crippen molar-refractivity contribution < 1.29 is 31.2 Å². The quantitative estimate of drug-likeness (QED) is 0.349. The predicted molar refractivity (Wildman–Crippen MR) is 141 cm³/mol. The maximum Gasteiger partial charge on any atom is 0.471 e. The molecular formula is C24H25BrF3N5O4S. The molecule has 0 bridgehead atoms. The molecule has 1 saturated carbocycles. The number of amides is 2. The van der Waals surface area contributed by atoms with E-state index in [1.165, 1.54) is 4.68 Å². The lowest BCUT2D eigenvalue weighted by Crippen LogP contribution is -2.39. The van der Waals surface area contributed by atoms with Gasteiger partial charge in [0, 0.05) is 35.7 Å². The molecule has 1 fully saturated rings. The number of aryl methyl sites for hydroxylation is 1. The van der Waals surface area contributed by atoms with Gasteiger partial charge in [-0.3, -0.25) is 18.6 Å². The highest BCUT2D eigenvalue weighted by molar-refractivity contribution is 9.10. The Balaban J connectivity index is 1.65. The molecule has 38 heavy (non-hydrogen) atoms. The number of nitrogens with zero attached hydrogens (tertiary/aromatic N) is 3. The number of halogens is 4. The van der Waals surface area contributed by atoms with Crippen molar-refractivity contribution in [3.05, 3.63) is 52.1 Å². The molecule has 4 rings (SSSR count). The van der Waals surface area contributed by atoms with Crippen molar-refractivity contribution in [2.45, 2.75) is 31.4 Å². The van der Waals surface area contributed by atoms with Crippen LogP contribution in [0, 0.1) is 0 Å². The number of carbonyl (C=O) groups is 2. The molecule has 3 aromatic rings. The summed E-state index contributed by atoms with van der Waals surface area (Å²) in [6.07, 6.45) is -2.38. The number of sulfonamides is 1. The van der Waals surface area contributed by atoms with Crippen LogP contribution in [0.3, 0.4) is 0 Å². The minimum atomic E-state index is -5.01. The average molecular weight is 616 g/mol. The summed E-state index contributed by atoms with van der Waals surface area (Å²) in [6, 6.07) is 10.4. The summed E-state index contributed by atoms with van der Waals surface area (Å²) >= 11 is 3.35. The molecule has 0 saturated heterocycles. The van der Waals surface area contributed by atoms with Gasteiger partial charge < -0.3 is 10.6 Å². The normalized spacial score (nSPS) is 13.9. The fourth-order valence-corrected chi connectivity index (χ4v) is 5.41. The zero-order valence-electron chi connectivity index (χ0n) is 20.5. The minimum Gasteiger partial charge on any atom is -0.348 e. The molecule has 2 aromatic carbocycles. The molecule has 2 amide bonds. The van der Waals surface area contributed by atoms with Gasteiger partial charge in [-0.25, -0.2) is 8.42 Å². The van der Waals surface area contributed by atoms with E-state index in [-0.39, 0.29) is 31.3 Å². The molecule has 0 spiro atoms. The van der Waals surface area contributed by atoms with Gasteiger partial charge in [0.15, 0.2) is 0 Å². The van der Waals surface area contributed by atoms with Gasteiger partial charge in [-0.15, -0.1) is 0 Å². The van der Waals surface area contributed by atoms with E-state index in [2.05, 4.69) is 26.3 Å². The van der Waals surface area contributed by atoms with Crippen LogP contribution in [-0.4, -0.2) is 55.5 Å². The van der Waals surface area contributed by atoms with Crippen LogP contribution in [0.5, 0.6) is 0 Å². The number of carbonyl (C=O) groups excluding carboxylic acids is 2. The Morgan fingerprint density at radius 1 is 1.18 bits per heavy atom. The highest BCUT2D eigenvalue weighted by atomic mass is 79.9. The summed E-state index contributed by atoms with van der Waals surface area (Å²) in [4.78, 5) is 24.2. The van der Waals surface area contributed by atoms with E-state index in [9.17, 15) is 31.2 Å². The zero-order valence-corrected chi connectivity index (χ0v) is 22.9. The third-order valence-electron chi connectivity index (χ3n) is 6.07. The topological polar surface area (TPSA) is 113 Å². The minimum absolute atomic E-state index is 0.0416. The molecule has 1 heterocycles. The number of benzene rings is 2. The second-order valence-corrected chi connectivity index (χ2v) is 11.9. The van der Waals surface area contributed by atoms with E-state index >= 15 is 0 Å². The first-order valence-corrected chi connectivity index (χ1v) is 14.3. The maximum absolute atomic E-state index is 13.2. The average Bonchev–Trinajstić information content (AvgIpc) is 3.60. The lowest BCUT2D eigenvalue weighted by molar-refractivity contribution is -0.173. The zero-order chi connectivity index (χ0) is 27.8. The van der Waals surface area contributed by atoms with Crippen LogP contribution in [0.15, 0.2) is 40.9 Å². The third-order valence-corrected chi connectivity index (χ3v) is 7.77. The third kappa shape index (κ3) is 6.29. The first-order valence-electron chi connectivity index (χ1n) is 11.7. The van der Waals surface area contributed by atoms with E-state index in [4.69, 9.17) is 0 Å². The van der Waals surface area contributed by atoms with Crippen LogP contribution >= 0.6 is 15.9 Å². The van der Waals surface area contributed by atoms with Crippen LogP contribution < -0.4 is 14.9 Å². The first-order chi connectivity index (χ1) is 17.8. The summed E-state index contributed by atoms with van der Waals surface area (Å²) in [5, 5.41) is 9.58.